The van der Waals surface area contributed by atoms with E-state index < -0.39 is 10.1 Å². The lowest BCUT2D eigenvalue weighted by Gasteiger charge is -2.28. The van der Waals surface area contributed by atoms with Crippen LogP contribution in [-0.2, 0) is 35.8 Å². The highest BCUT2D eigenvalue weighted by Crippen LogP contribution is 2.31. The van der Waals surface area contributed by atoms with Gasteiger partial charge in [0.25, 0.3) is 10.1 Å². The highest BCUT2D eigenvalue weighted by molar-refractivity contribution is 7.86. The van der Waals surface area contributed by atoms with E-state index in [2.05, 4.69) is 24.0 Å². The maximum absolute atomic E-state index is 11.4. The predicted molar refractivity (Wildman–Crippen MR) is 105 cm³/mol. The van der Waals surface area contributed by atoms with Gasteiger partial charge in [0.1, 0.15) is 6.10 Å². The first kappa shape index (κ1) is 21.0. The van der Waals surface area contributed by atoms with E-state index in [-0.39, 0.29) is 17.6 Å². The zero-order chi connectivity index (χ0) is 20.2. The van der Waals surface area contributed by atoms with E-state index in [1.807, 2.05) is 36.4 Å². The van der Waals surface area contributed by atoms with Gasteiger partial charge in [-0.05, 0) is 18.1 Å². The normalized spacial score (nSPS) is 21.0. The van der Waals surface area contributed by atoms with Crippen LogP contribution in [0.1, 0.15) is 49.7 Å². The van der Waals surface area contributed by atoms with Gasteiger partial charge in [-0.1, -0.05) is 44.2 Å². The van der Waals surface area contributed by atoms with Crippen LogP contribution in [0.15, 0.2) is 36.4 Å². The highest BCUT2D eigenvalue weighted by Gasteiger charge is 2.30. The van der Waals surface area contributed by atoms with Crippen molar-refractivity contribution < 1.29 is 22.1 Å². The average molecular weight is 409 g/mol. The van der Waals surface area contributed by atoms with Gasteiger partial charge in [-0.15, -0.1) is 0 Å². The molecular formula is C20H28N2O5S. The maximum Gasteiger partial charge on any atom is 0.264 e. The van der Waals surface area contributed by atoms with Crippen molar-refractivity contribution in [1.29, 1.82) is 0 Å². The smallest absolute Gasteiger partial charge is 0.264 e. The molecule has 8 heteroatoms. The van der Waals surface area contributed by atoms with Crippen LogP contribution in [-0.4, -0.2) is 44.2 Å². The maximum atomic E-state index is 11.4. The van der Waals surface area contributed by atoms with Crippen molar-refractivity contribution in [3.05, 3.63) is 53.3 Å². The van der Waals surface area contributed by atoms with E-state index in [4.69, 9.17) is 13.7 Å². The molecule has 0 spiro atoms. The summed E-state index contributed by atoms with van der Waals surface area (Å²) in [5, 5.41) is 7.48. The van der Waals surface area contributed by atoms with Crippen molar-refractivity contribution in [3.8, 4) is 0 Å². The molecular weight excluding hydrogens is 380 g/mol. The molecule has 1 aromatic heterocycles. The van der Waals surface area contributed by atoms with Gasteiger partial charge in [0.15, 0.2) is 0 Å². The molecule has 28 heavy (non-hydrogen) atoms. The first-order valence-corrected chi connectivity index (χ1v) is 11.2. The molecule has 7 nitrogen and oxygen atoms in total. The van der Waals surface area contributed by atoms with Crippen LogP contribution in [0.2, 0.25) is 0 Å². The number of H-pyrrole nitrogens is 1. The van der Waals surface area contributed by atoms with E-state index >= 15 is 0 Å². The third-order valence-corrected chi connectivity index (χ3v) is 5.38. The van der Waals surface area contributed by atoms with E-state index in [1.54, 1.807) is 0 Å². The molecule has 0 radical (unpaired) electrons. The molecule has 0 saturated carbocycles. The zero-order valence-corrected chi connectivity index (χ0v) is 17.4. The molecule has 3 rings (SSSR count). The van der Waals surface area contributed by atoms with Crippen molar-refractivity contribution in [2.24, 2.45) is 0 Å². The lowest BCUT2D eigenvalue weighted by Crippen LogP contribution is -2.28. The van der Waals surface area contributed by atoms with E-state index in [1.165, 1.54) is 0 Å². The average Bonchev–Trinajstić information content (AvgIpc) is 3.12. The Labute approximate surface area is 166 Å². The zero-order valence-electron chi connectivity index (χ0n) is 16.6. The van der Waals surface area contributed by atoms with Crippen LogP contribution < -0.4 is 0 Å². The van der Waals surface area contributed by atoms with Crippen LogP contribution >= 0.6 is 0 Å². The quantitative estimate of drug-likeness (QED) is 0.675. The molecule has 1 aromatic carbocycles. The van der Waals surface area contributed by atoms with Crippen LogP contribution in [0, 0.1) is 0 Å². The van der Waals surface area contributed by atoms with E-state index in [0.29, 0.717) is 32.7 Å². The Kier molecular flexibility index (Phi) is 6.54. The van der Waals surface area contributed by atoms with Crippen LogP contribution in [0.4, 0.5) is 0 Å². The molecule has 154 valence electrons. The summed E-state index contributed by atoms with van der Waals surface area (Å²) in [6.07, 6.45) is 1.47. The van der Waals surface area contributed by atoms with Crippen molar-refractivity contribution in [2.45, 2.75) is 50.9 Å². The topological polar surface area (TPSA) is 90.5 Å². The summed E-state index contributed by atoms with van der Waals surface area (Å²) < 4.78 is 39.6. The summed E-state index contributed by atoms with van der Waals surface area (Å²) in [4.78, 5) is 0. The number of rotatable bonds is 8. The van der Waals surface area contributed by atoms with Crippen LogP contribution in [0.5, 0.6) is 0 Å². The minimum Gasteiger partial charge on any atom is -0.376 e. The largest absolute Gasteiger partial charge is 0.376 e. The van der Waals surface area contributed by atoms with Gasteiger partial charge in [-0.25, -0.2) is 0 Å². The Morgan fingerprint density at radius 1 is 1.29 bits per heavy atom. The second-order valence-electron chi connectivity index (χ2n) is 7.88. The van der Waals surface area contributed by atoms with Crippen molar-refractivity contribution in [2.75, 3.05) is 19.5 Å². The summed E-state index contributed by atoms with van der Waals surface area (Å²) in [5.74, 6) is 0. The van der Waals surface area contributed by atoms with Crippen molar-refractivity contribution >= 4 is 10.1 Å². The molecule has 1 aliphatic rings. The first-order chi connectivity index (χ1) is 13.2. The van der Waals surface area contributed by atoms with Crippen molar-refractivity contribution in [3.63, 3.8) is 0 Å². The molecule has 1 aliphatic heterocycles. The lowest BCUT2D eigenvalue weighted by atomic mass is 9.90. The Morgan fingerprint density at radius 3 is 2.75 bits per heavy atom. The molecule has 2 heterocycles. The molecule has 1 fully saturated rings. The lowest BCUT2D eigenvalue weighted by molar-refractivity contribution is -0.0362. The summed E-state index contributed by atoms with van der Waals surface area (Å²) >= 11 is 0. The van der Waals surface area contributed by atoms with Gasteiger partial charge in [0.2, 0.25) is 0 Å². The van der Waals surface area contributed by atoms with Crippen LogP contribution in [0.3, 0.4) is 0 Å². The van der Waals surface area contributed by atoms with Gasteiger partial charge in [0, 0.05) is 18.4 Å². The molecule has 1 N–H and O–H groups in total. The number of ether oxygens (including phenoxy) is 2. The van der Waals surface area contributed by atoms with Gasteiger partial charge < -0.3 is 9.47 Å². The Hall–Kier alpha value is -1.74. The van der Waals surface area contributed by atoms with Crippen molar-refractivity contribution in [1.82, 2.24) is 10.2 Å². The Balaban J connectivity index is 1.58. The summed E-state index contributed by atoms with van der Waals surface area (Å²) in [6.45, 7) is 5.68. The van der Waals surface area contributed by atoms with Gasteiger partial charge in [0.05, 0.1) is 37.0 Å². The van der Waals surface area contributed by atoms with E-state index in [9.17, 15) is 8.42 Å². The third kappa shape index (κ3) is 5.88. The molecule has 0 bridgehead atoms. The minimum atomic E-state index is -3.48. The van der Waals surface area contributed by atoms with E-state index in [0.717, 1.165) is 23.2 Å². The fraction of sp³-hybridized carbons (Fsp3) is 0.550. The second kappa shape index (κ2) is 8.73. The van der Waals surface area contributed by atoms with Gasteiger partial charge in [-0.3, -0.25) is 9.28 Å². The molecule has 0 aliphatic carbocycles. The number of benzene rings is 1. The monoisotopic (exact) mass is 408 g/mol. The number of aromatic amines is 1. The molecule has 1 saturated heterocycles. The summed E-state index contributed by atoms with van der Waals surface area (Å²) in [7, 11) is -3.48. The number of hydrogen-bond donors (Lipinski definition) is 1. The second-order valence-corrected chi connectivity index (χ2v) is 9.48. The first-order valence-electron chi connectivity index (χ1n) is 9.40. The van der Waals surface area contributed by atoms with Crippen LogP contribution in [0.25, 0.3) is 0 Å². The van der Waals surface area contributed by atoms with Gasteiger partial charge >= 0.3 is 0 Å². The fourth-order valence-electron chi connectivity index (χ4n) is 3.24. The minimum absolute atomic E-state index is 0.261. The molecule has 2 unspecified atom stereocenters. The Bertz CT molecular complexity index is 864. The number of hydrogen-bond acceptors (Lipinski definition) is 6. The standard InChI is InChI=1S/C20H28N2O5S/c1-20(2,14-25-13-15-7-5-4-6-8-15)19-12-17(21-22-19)18-11-16(9-10-26-18)27-28(3,23)24/h4-8,12,16,18H,9-11,13-14H2,1-3H3,(H,21,22). The summed E-state index contributed by atoms with van der Waals surface area (Å²) in [5.41, 5.74) is 2.56. The third-order valence-electron chi connectivity index (χ3n) is 4.76. The Morgan fingerprint density at radius 2 is 2.04 bits per heavy atom. The highest BCUT2D eigenvalue weighted by atomic mass is 32.2. The number of nitrogens with one attached hydrogen (secondary N) is 1. The SMILES string of the molecule is CC(C)(COCc1ccccc1)c1cc(C2CC(OS(C)(=O)=O)CCO2)[nH]n1. The predicted octanol–water partition coefficient (Wildman–Crippen LogP) is 3.10. The number of nitrogens with zero attached hydrogens (tertiary/aromatic N) is 1. The molecule has 2 aromatic rings. The summed E-state index contributed by atoms with van der Waals surface area (Å²) in [6, 6.07) is 12.0. The molecule has 2 atom stereocenters. The number of aromatic nitrogens is 2. The fourth-order valence-corrected chi connectivity index (χ4v) is 3.91. The van der Waals surface area contributed by atoms with Gasteiger partial charge in [-0.2, -0.15) is 13.5 Å². The molecule has 0 amide bonds.